The fraction of sp³-hybridized carbons (Fsp3) is 0.375. The van der Waals surface area contributed by atoms with Crippen LogP contribution in [0.4, 0.5) is 0 Å². The minimum Gasteiger partial charge on any atom is -0.494 e. The summed E-state index contributed by atoms with van der Waals surface area (Å²) < 4.78 is 5.85. The highest BCUT2D eigenvalue weighted by molar-refractivity contribution is 5.88. The van der Waals surface area contributed by atoms with Crippen molar-refractivity contribution in [2.45, 2.75) is 72.0 Å². The number of hydrogen-bond donors (Lipinski definition) is 1. The van der Waals surface area contributed by atoms with E-state index < -0.39 is 6.04 Å². The molecule has 0 fully saturated rings. The van der Waals surface area contributed by atoms with Gasteiger partial charge in [0.1, 0.15) is 11.8 Å². The molecule has 0 radical (unpaired) electrons. The van der Waals surface area contributed by atoms with Crippen LogP contribution >= 0.6 is 0 Å². The molecule has 2 amide bonds. The van der Waals surface area contributed by atoms with Gasteiger partial charge in [-0.3, -0.25) is 9.59 Å². The van der Waals surface area contributed by atoms with Crippen LogP contribution in [0.1, 0.15) is 55.4 Å². The van der Waals surface area contributed by atoms with Crippen molar-refractivity contribution in [2.75, 3.05) is 6.61 Å². The lowest BCUT2D eigenvalue weighted by molar-refractivity contribution is -0.141. The van der Waals surface area contributed by atoms with E-state index in [-0.39, 0.29) is 17.9 Å². The van der Waals surface area contributed by atoms with Crippen molar-refractivity contribution in [3.8, 4) is 5.75 Å². The molecule has 3 rings (SSSR count). The smallest absolute Gasteiger partial charge is 0.243 e. The summed E-state index contributed by atoms with van der Waals surface area (Å²) in [6.07, 6.45) is 2.16. The van der Waals surface area contributed by atoms with E-state index in [0.717, 1.165) is 28.9 Å². The fourth-order valence-electron chi connectivity index (χ4n) is 4.19. The molecule has 0 aromatic heterocycles. The van der Waals surface area contributed by atoms with Crippen molar-refractivity contribution >= 4 is 11.8 Å². The summed E-state index contributed by atoms with van der Waals surface area (Å²) >= 11 is 0. The predicted octanol–water partition coefficient (Wildman–Crippen LogP) is 6.02. The second-order valence-corrected chi connectivity index (χ2v) is 9.80. The number of rotatable bonds is 13. The van der Waals surface area contributed by atoms with Gasteiger partial charge in [0.15, 0.2) is 0 Å². The molecule has 37 heavy (non-hydrogen) atoms. The Bertz CT molecular complexity index is 1130. The van der Waals surface area contributed by atoms with Gasteiger partial charge >= 0.3 is 0 Å². The molecule has 3 aromatic rings. The summed E-state index contributed by atoms with van der Waals surface area (Å²) in [6.45, 7) is 8.93. The lowest BCUT2D eigenvalue weighted by Gasteiger charge is -2.32. The molecule has 0 saturated carbocycles. The molecule has 0 aliphatic heterocycles. The number of hydrogen-bond acceptors (Lipinski definition) is 3. The average Bonchev–Trinajstić information content (AvgIpc) is 2.90. The molecule has 1 N–H and O–H groups in total. The average molecular weight is 501 g/mol. The zero-order valence-electron chi connectivity index (χ0n) is 22.6. The molecule has 0 bridgehead atoms. The van der Waals surface area contributed by atoms with Crippen LogP contribution in [-0.2, 0) is 22.6 Å². The second-order valence-electron chi connectivity index (χ2n) is 9.80. The van der Waals surface area contributed by atoms with Crippen molar-refractivity contribution < 1.29 is 14.3 Å². The second kappa shape index (κ2) is 14.2. The van der Waals surface area contributed by atoms with Crippen LogP contribution in [-0.4, -0.2) is 35.4 Å². The molecule has 0 spiro atoms. The minimum absolute atomic E-state index is 0.0320. The maximum Gasteiger partial charge on any atom is 0.243 e. The zero-order chi connectivity index (χ0) is 26.6. The number of aryl methyl sites for hydroxylation is 2. The first kappa shape index (κ1) is 28.0. The van der Waals surface area contributed by atoms with Gasteiger partial charge in [-0.05, 0) is 56.9 Å². The molecule has 0 heterocycles. The van der Waals surface area contributed by atoms with Crippen molar-refractivity contribution in [3.05, 3.63) is 101 Å². The van der Waals surface area contributed by atoms with Gasteiger partial charge in [0.25, 0.3) is 0 Å². The number of nitrogens with zero attached hydrogens (tertiary/aromatic N) is 1. The van der Waals surface area contributed by atoms with Crippen molar-refractivity contribution in [3.63, 3.8) is 0 Å². The van der Waals surface area contributed by atoms with Gasteiger partial charge in [0.05, 0.1) is 6.61 Å². The first-order chi connectivity index (χ1) is 17.9. The van der Waals surface area contributed by atoms with E-state index in [0.29, 0.717) is 32.4 Å². The Morgan fingerprint density at radius 2 is 1.59 bits per heavy atom. The molecule has 196 valence electrons. The molecular formula is C32H40N2O3. The van der Waals surface area contributed by atoms with E-state index in [1.807, 2.05) is 100 Å². The van der Waals surface area contributed by atoms with Gasteiger partial charge in [-0.25, -0.2) is 0 Å². The Hall–Kier alpha value is -3.60. The third-order valence-corrected chi connectivity index (χ3v) is 6.53. The van der Waals surface area contributed by atoms with Crippen LogP contribution in [0, 0.1) is 13.8 Å². The van der Waals surface area contributed by atoms with Gasteiger partial charge in [-0.1, -0.05) is 84.8 Å². The number of carbonyl (C=O) groups is 2. The maximum absolute atomic E-state index is 13.7. The van der Waals surface area contributed by atoms with Crippen molar-refractivity contribution in [1.82, 2.24) is 10.2 Å². The van der Waals surface area contributed by atoms with E-state index in [2.05, 4.69) is 11.4 Å². The first-order valence-corrected chi connectivity index (χ1v) is 13.2. The molecule has 2 atom stereocenters. The van der Waals surface area contributed by atoms with Crippen LogP contribution in [0.5, 0.6) is 5.75 Å². The molecule has 0 unspecified atom stereocenters. The lowest BCUT2D eigenvalue weighted by Crippen LogP contribution is -2.52. The lowest BCUT2D eigenvalue weighted by atomic mass is 10.0. The van der Waals surface area contributed by atoms with Crippen LogP contribution < -0.4 is 10.1 Å². The molecule has 5 nitrogen and oxygen atoms in total. The van der Waals surface area contributed by atoms with E-state index in [1.54, 1.807) is 4.90 Å². The SMILES string of the molecule is CC[C@@H](C)NC(=O)[C@H](Cc1ccccc1)N(Cc1cccc(C)c1)C(=O)CCCOc1ccc(C)cc1. The summed E-state index contributed by atoms with van der Waals surface area (Å²) in [6, 6.07) is 25.4. The normalized spacial score (nSPS) is 12.4. The Kier molecular flexibility index (Phi) is 10.8. The minimum atomic E-state index is -0.609. The number of amides is 2. The topological polar surface area (TPSA) is 58.6 Å². The Morgan fingerprint density at radius 3 is 2.27 bits per heavy atom. The molecule has 5 heteroatoms. The standard InChI is InChI=1S/C32H40N2O3/c1-5-26(4)33-32(36)30(22-27-12-7-6-8-13-27)34(23-28-14-9-11-25(3)21-28)31(35)15-10-20-37-29-18-16-24(2)17-19-29/h6-9,11-14,16-19,21,26,30H,5,10,15,20,22-23H2,1-4H3,(H,33,36)/t26-,30+/m1/s1. The highest BCUT2D eigenvalue weighted by Crippen LogP contribution is 2.18. The van der Waals surface area contributed by atoms with Crippen LogP contribution in [0.2, 0.25) is 0 Å². The highest BCUT2D eigenvalue weighted by atomic mass is 16.5. The van der Waals surface area contributed by atoms with Gasteiger partial charge in [0.2, 0.25) is 11.8 Å². The van der Waals surface area contributed by atoms with Crippen LogP contribution in [0.25, 0.3) is 0 Å². The summed E-state index contributed by atoms with van der Waals surface area (Å²) in [4.78, 5) is 29.0. The maximum atomic E-state index is 13.7. The number of ether oxygens (including phenoxy) is 1. The summed E-state index contributed by atoms with van der Waals surface area (Å²) in [5, 5.41) is 3.12. The number of carbonyl (C=O) groups excluding carboxylic acids is 2. The Morgan fingerprint density at radius 1 is 0.892 bits per heavy atom. The molecule has 0 aliphatic rings. The monoisotopic (exact) mass is 500 g/mol. The fourth-order valence-corrected chi connectivity index (χ4v) is 4.19. The highest BCUT2D eigenvalue weighted by Gasteiger charge is 2.30. The van der Waals surface area contributed by atoms with Gasteiger partial charge in [-0.15, -0.1) is 0 Å². The first-order valence-electron chi connectivity index (χ1n) is 13.2. The summed E-state index contributed by atoms with van der Waals surface area (Å²) in [5.74, 6) is 0.633. The largest absolute Gasteiger partial charge is 0.494 e. The van der Waals surface area contributed by atoms with Crippen LogP contribution in [0.15, 0.2) is 78.9 Å². The van der Waals surface area contributed by atoms with Gasteiger partial charge in [-0.2, -0.15) is 0 Å². The third-order valence-electron chi connectivity index (χ3n) is 6.53. The van der Waals surface area contributed by atoms with Crippen LogP contribution in [0.3, 0.4) is 0 Å². The molecule has 0 saturated heterocycles. The summed E-state index contributed by atoms with van der Waals surface area (Å²) in [7, 11) is 0. The molecule has 0 aliphatic carbocycles. The number of nitrogens with one attached hydrogen (secondary N) is 1. The van der Waals surface area contributed by atoms with E-state index in [9.17, 15) is 9.59 Å². The summed E-state index contributed by atoms with van der Waals surface area (Å²) in [5.41, 5.74) is 4.34. The molecule has 3 aromatic carbocycles. The quantitative estimate of drug-likeness (QED) is 0.292. The van der Waals surface area contributed by atoms with Gasteiger partial charge in [0, 0.05) is 25.4 Å². The molecular weight excluding hydrogens is 460 g/mol. The Labute approximate surface area is 221 Å². The zero-order valence-corrected chi connectivity index (χ0v) is 22.6. The van der Waals surface area contributed by atoms with E-state index >= 15 is 0 Å². The van der Waals surface area contributed by atoms with Crippen molar-refractivity contribution in [1.29, 1.82) is 0 Å². The Balaban J connectivity index is 1.79. The van der Waals surface area contributed by atoms with Crippen molar-refractivity contribution in [2.24, 2.45) is 0 Å². The predicted molar refractivity (Wildman–Crippen MR) is 149 cm³/mol. The van der Waals surface area contributed by atoms with E-state index in [4.69, 9.17) is 4.74 Å². The van der Waals surface area contributed by atoms with Gasteiger partial charge < -0.3 is 15.0 Å². The number of benzene rings is 3. The van der Waals surface area contributed by atoms with E-state index in [1.165, 1.54) is 5.56 Å². The third kappa shape index (κ3) is 9.09.